The first-order valence-electron chi connectivity index (χ1n) is 8.60. The third-order valence-corrected chi connectivity index (χ3v) is 4.49. The van der Waals surface area contributed by atoms with Crippen LogP contribution >= 0.6 is 0 Å². The summed E-state index contributed by atoms with van der Waals surface area (Å²) < 4.78 is 0. The van der Waals surface area contributed by atoms with E-state index in [0.717, 1.165) is 39.0 Å². The summed E-state index contributed by atoms with van der Waals surface area (Å²) in [6, 6.07) is 2.36. The lowest BCUT2D eigenvalue weighted by Crippen LogP contribution is -2.38. The van der Waals surface area contributed by atoms with E-state index < -0.39 is 0 Å². The van der Waals surface area contributed by atoms with Crippen molar-refractivity contribution in [1.82, 2.24) is 15.1 Å². The molecule has 0 aromatic carbocycles. The third kappa shape index (κ3) is 9.08. The molecule has 1 N–H and O–H groups in total. The largest absolute Gasteiger partial charge is 0.304 e. The zero-order valence-corrected chi connectivity index (χ0v) is 14.9. The Hall–Kier alpha value is -0.630. The molecule has 0 heterocycles. The van der Waals surface area contributed by atoms with Crippen LogP contribution in [0.2, 0.25) is 0 Å². The Labute approximate surface area is 132 Å². The number of nitriles is 1. The van der Waals surface area contributed by atoms with Gasteiger partial charge in [-0.3, -0.25) is 0 Å². The van der Waals surface area contributed by atoms with Gasteiger partial charge < -0.3 is 15.1 Å². The van der Waals surface area contributed by atoms with E-state index in [1.807, 2.05) is 14.0 Å². The molecule has 0 amide bonds. The van der Waals surface area contributed by atoms with Crippen LogP contribution in [0.1, 0.15) is 53.4 Å². The van der Waals surface area contributed by atoms with Gasteiger partial charge in [-0.2, -0.15) is 5.26 Å². The number of hydrogen-bond acceptors (Lipinski definition) is 4. The second-order valence-electron chi connectivity index (χ2n) is 5.97. The maximum atomic E-state index is 9.13. The van der Waals surface area contributed by atoms with E-state index in [2.05, 4.69) is 42.0 Å². The van der Waals surface area contributed by atoms with Crippen molar-refractivity contribution in [3.8, 4) is 6.07 Å². The van der Waals surface area contributed by atoms with Gasteiger partial charge in [-0.1, -0.05) is 20.8 Å². The van der Waals surface area contributed by atoms with Gasteiger partial charge in [0.05, 0.1) is 6.07 Å². The second-order valence-corrected chi connectivity index (χ2v) is 5.97. The Morgan fingerprint density at radius 1 is 0.905 bits per heavy atom. The first-order chi connectivity index (χ1) is 10.0. The highest BCUT2D eigenvalue weighted by Gasteiger charge is 2.19. The molecule has 0 aromatic heterocycles. The molecule has 124 valence electrons. The molecule has 0 spiro atoms. The van der Waals surface area contributed by atoms with Gasteiger partial charge in [0.1, 0.15) is 5.54 Å². The molecule has 1 unspecified atom stereocenters. The van der Waals surface area contributed by atoms with Crippen LogP contribution in [0.3, 0.4) is 0 Å². The van der Waals surface area contributed by atoms with Gasteiger partial charge in [-0.05, 0) is 78.9 Å². The van der Waals surface area contributed by atoms with Crippen molar-refractivity contribution in [2.24, 2.45) is 0 Å². The van der Waals surface area contributed by atoms with E-state index in [4.69, 9.17) is 5.26 Å². The molecule has 0 fully saturated rings. The lowest BCUT2D eigenvalue weighted by atomic mass is 9.97. The Bertz CT molecular complexity index is 283. The first-order valence-corrected chi connectivity index (χ1v) is 8.60. The standard InChI is InChI=1S/C17H36N4/c1-6-20(7-2)14-11-15-21(8-3)13-10-9-12-17(4,16-18)19-5/h19H,6-15H2,1-5H3. The molecule has 4 nitrogen and oxygen atoms in total. The molecule has 0 aliphatic rings. The highest BCUT2D eigenvalue weighted by molar-refractivity contribution is 5.02. The van der Waals surface area contributed by atoms with Crippen LogP contribution in [-0.4, -0.2) is 61.7 Å². The summed E-state index contributed by atoms with van der Waals surface area (Å²) in [5, 5.41) is 12.2. The minimum Gasteiger partial charge on any atom is -0.304 e. The van der Waals surface area contributed by atoms with Crippen molar-refractivity contribution in [1.29, 1.82) is 5.26 Å². The van der Waals surface area contributed by atoms with Crippen molar-refractivity contribution in [2.75, 3.05) is 46.3 Å². The van der Waals surface area contributed by atoms with Crippen LogP contribution in [0, 0.1) is 11.3 Å². The molecule has 0 bridgehead atoms. The Kier molecular flexibility index (Phi) is 11.6. The summed E-state index contributed by atoms with van der Waals surface area (Å²) >= 11 is 0. The summed E-state index contributed by atoms with van der Waals surface area (Å²) in [6.45, 7) is 15.7. The highest BCUT2D eigenvalue weighted by atomic mass is 15.1. The van der Waals surface area contributed by atoms with Crippen molar-refractivity contribution in [3.63, 3.8) is 0 Å². The second kappa shape index (κ2) is 12.0. The van der Waals surface area contributed by atoms with Crippen molar-refractivity contribution < 1.29 is 0 Å². The lowest BCUT2D eigenvalue weighted by Gasteiger charge is -2.24. The van der Waals surface area contributed by atoms with E-state index >= 15 is 0 Å². The molecule has 0 rings (SSSR count). The van der Waals surface area contributed by atoms with Gasteiger partial charge in [-0.15, -0.1) is 0 Å². The number of nitrogens with zero attached hydrogens (tertiary/aromatic N) is 3. The molecule has 0 aliphatic heterocycles. The average Bonchev–Trinajstić information content (AvgIpc) is 2.53. The molecule has 21 heavy (non-hydrogen) atoms. The molecular formula is C17H36N4. The van der Waals surface area contributed by atoms with Crippen LogP contribution in [0.15, 0.2) is 0 Å². The number of nitrogens with one attached hydrogen (secondary N) is 1. The number of hydrogen-bond donors (Lipinski definition) is 1. The van der Waals surface area contributed by atoms with Crippen LogP contribution in [-0.2, 0) is 0 Å². The van der Waals surface area contributed by atoms with Crippen molar-refractivity contribution in [3.05, 3.63) is 0 Å². The van der Waals surface area contributed by atoms with Gasteiger partial charge in [0.15, 0.2) is 0 Å². The Morgan fingerprint density at radius 3 is 1.90 bits per heavy atom. The molecule has 4 heteroatoms. The molecule has 0 saturated carbocycles. The predicted molar refractivity (Wildman–Crippen MR) is 91.4 cm³/mol. The van der Waals surface area contributed by atoms with Crippen molar-refractivity contribution in [2.45, 2.75) is 58.9 Å². The van der Waals surface area contributed by atoms with Gasteiger partial charge in [0.2, 0.25) is 0 Å². The maximum Gasteiger partial charge on any atom is 0.103 e. The summed E-state index contributed by atoms with van der Waals surface area (Å²) in [6.07, 6.45) is 4.47. The maximum absolute atomic E-state index is 9.13. The smallest absolute Gasteiger partial charge is 0.103 e. The zero-order valence-electron chi connectivity index (χ0n) is 14.9. The van der Waals surface area contributed by atoms with Crippen LogP contribution in [0.25, 0.3) is 0 Å². The molecule has 0 radical (unpaired) electrons. The fraction of sp³-hybridized carbons (Fsp3) is 0.941. The molecular weight excluding hydrogens is 260 g/mol. The van der Waals surface area contributed by atoms with Gasteiger partial charge in [0, 0.05) is 0 Å². The number of unbranched alkanes of at least 4 members (excludes halogenated alkanes) is 1. The monoisotopic (exact) mass is 296 g/mol. The normalized spacial score (nSPS) is 14.4. The molecule has 0 aliphatic carbocycles. The predicted octanol–water partition coefficient (Wildman–Crippen LogP) is 2.71. The van der Waals surface area contributed by atoms with Crippen molar-refractivity contribution >= 4 is 0 Å². The molecule has 1 atom stereocenters. The first kappa shape index (κ1) is 20.4. The van der Waals surface area contributed by atoms with E-state index in [-0.39, 0.29) is 5.54 Å². The van der Waals surface area contributed by atoms with E-state index in [9.17, 15) is 0 Å². The summed E-state index contributed by atoms with van der Waals surface area (Å²) in [4.78, 5) is 5.02. The summed E-state index contributed by atoms with van der Waals surface area (Å²) in [7, 11) is 1.87. The van der Waals surface area contributed by atoms with Crippen LogP contribution in [0.5, 0.6) is 0 Å². The van der Waals surface area contributed by atoms with Gasteiger partial charge in [0.25, 0.3) is 0 Å². The van der Waals surface area contributed by atoms with E-state index in [0.29, 0.717) is 0 Å². The van der Waals surface area contributed by atoms with Crippen LogP contribution in [0.4, 0.5) is 0 Å². The Morgan fingerprint density at radius 2 is 1.43 bits per heavy atom. The lowest BCUT2D eigenvalue weighted by molar-refractivity contribution is 0.238. The average molecular weight is 297 g/mol. The molecule has 0 aromatic rings. The van der Waals surface area contributed by atoms with E-state index in [1.165, 1.54) is 25.9 Å². The SMILES string of the molecule is CCN(CC)CCCN(CC)CCCCC(C)(C#N)NC. The summed E-state index contributed by atoms with van der Waals surface area (Å²) in [5.41, 5.74) is -0.361. The van der Waals surface area contributed by atoms with Gasteiger partial charge in [-0.25, -0.2) is 0 Å². The fourth-order valence-corrected chi connectivity index (χ4v) is 2.54. The zero-order chi connectivity index (χ0) is 16.1. The third-order valence-electron chi connectivity index (χ3n) is 4.49. The topological polar surface area (TPSA) is 42.3 Å². The minimum atomic E-state index is -0.361. The highest BCUT2D eigenvalue weighted by Crippen LogP contribution is 2.12. The van der Waals surface area contributed by atoms with E-state index in [1.54, 1.807) is 0 Å². The minimum absolute atomic E-state index is 0.361. The van der Waals surface area contributed by atoms with Gasteiger partial charge >= 0.3 is 0 Å². The Balaban J connectivity index is 3.83. The van der Waals surface area contributed by atoms with Crippen LogP contribution < -0.4 is 5.32 Å². The molecule has 0 saturated heterocycles. The number of rotatable bonds is 13. The fourth-order valence-electron chi connectivity index (χ4n) is 2.54. The quantitative estimate of drug-likeness (QED) is 0.531. The summed E-state index contributed by atoms with van der Waals surface area (Å²) in [5.74, 6) is 0.